The molecule has 0 fully saturated rings. The van der Waals surface area contributed by atoms with E-state index in [-0.39, 0.29) is 0 Å². The molecule has 0 unspecified atom stereocenters. The highest BCUT2D eigenvalue weighted by molar-refractivity contribution is 9.10. The van der Waals surface area contributed by atoms with Gasteiger partial charge in [-0.3, -0.25) is 0 Å². The van der Waals surface area contributed by atoms with Gasteiger partial charge in [-0.15, -0.1) is 0 Å². The molecule has 1 aromatic heterocycles. The Balaban J connectivity index is 2.21. The number of hydrogen-bond acceptors (Lipinski definition) is 4. The molecule has 0 radical (unpaired) electrons. The Bertz CT molecular complexity index is 637. The number of carbonyl (C=O) groups excluding carboxylic acids is 1. The number of oxime groups is 1. The summed E-state index contributed by atoms with van der Waals surface area (Å²) in [6.45, 7) is 1.27. The molecule has 0 aliphatic carbocycles. The van der Waals surface area contributed by atoms with Crippen molar-refractivity contribution >= 4 is 39.7 Å². The predicted octanol–water partition coefficient (Wildman–Crippen LogP) is 4.26. The van der Waals surface area contributed by atoms with Crippen molar-refractivity contribution in [1.29, 1.82) is 0 Å². The average Bonchev–Trinajstić information content (AvgIpc) is 2.77. The molecule has 0 saturated carbocycles. The molecule has 0 N–H and O–H groups in total. The molecule has 0 saturated heterocycles. The van der Waals surface area contributed by atoms with E-state index in [0.29, 0.717) is 16.5 Å². The molecule has 19 heavy (non-hydrogen) atoms. The third-order valence-electron chi connectivity index (χ3n) is 2.18. The van der Waals surface area contributed by atoms with Gasteiger partial charge in [0.05, 0.1) is 5.02 Å². The van der Waals surface area contributed by atoms with E-state index in [1.165, 1.54) is 13.1 Å². The van der Waals surface area contributed by atoms with Gasteiger partial charge in [0.2, 0.25) is 0 Å². The lowest BCUT2D eigenvalue weighted by atomic mass is 10.2. The minimum Gasteiger partial charge on any atom is -0.455 e. The monoisotopic (exact) mass is 341 g/mol. The Morgan fingerprint density at radius 3 is 2.89 bits per heavy atom. The van der Waals surface area contributed by atoms with Gasteiger partial charge in [-0.05, 0) is 30.3 Å². The van der Waals surface area contributed by atoms with Gasteiger partial charge in [-0.2, -0.15) is 0 Å². The summed E-state index contributed by atoms with van der Waals surface area (Å²) in [7, 11) is 0. The van der Waals surface area contributed by atoms with Crippen LogP contribution in [-0.4, -0.2) is 12.2 Å². The summed E-state index contributed by atoms with van der Waals surface area (Å²) in [5.41, 5.74) is 0.775. The molecule has 0 spiro atoms. The zero-order valence-electron chi connectivity index (χ0n) is 9.89. The van der Waals surface area contributed by atoms with E-state index in [1.807, 2.05) is 12.1 Å². The number of furan rings is 1. The Morgan fingerprint density at radius 1 is 1.42 bits per heavy atom. The van der Waals surface area contributed by atoms with E-state index in [4.69, 9.17) is 16.0 Å². The Kier molecular flexibility index (Phi) is 4.39. The average molecular weight is 343 g/mol. The first kappa shape index (κ1) is 13.8. The molecule has 0 bridgehead atoms. The van der Waals surface area contributed by atoms with E-state index in [2.05, 4.69) is 25.9 Å². The highest BCUT2D eigenvalue weighted by Crippen LogP contribution is 2.31. The fraction of sp³-hybridized carbons (Fsp3) is 0.0769. The number of benzene rings is 1. The first-order chi connectivity index (χ1) is 9.06. The number of halogens is 2. The maximum Gasteiger partial charge on any atom is 0.331 e. The standard InChI is InChI=1S/C13H9BrClNO3/c1-8(17)19-16-7-10-3-5-13(18-10)11-4-2-9(14)6-12(11)15/h2-7H,1H3/b16-7-. The SMILES string of the molecule is CC(=O)O/N=C\c1ccc(-c2ccc(Br)cc2Cl)o1. The first-order valence-electron chi connectivity index (χ1n) is 5.32. The van der Waals surface area contributed by atoms with Crippen LogP contribution in [0, 0.1) is 0 Å². The van der Waals surface area contributed by atoms with Crippen molar-refractivity contribution in [3.8, 4) is 11.3 Å². The van der Waals surface area contributed by atoms with Crippen LogP contribution < -0.4 is 0 Å². The summed E-state index contributed by atoms with van der Waals surface area (Å²) in [4.78, 5) is 15.0. The summed E-state index contributed by atoms with van der Waals surface area (Å²) in [5, 5.41) is 4.05. The Hall–Kier alpha value is -1.59. The molecule has 0 aliphatic heterocycles. The molecule has 2 aromatic rings. The highest BCUT2D eigenvalue weighted by atomic mass is 79.9. The molecule has 6 heteroatoms. The summed E-state index contributed by atoms with van der Waals surface area (Å²) in [5.74, 6) is 0.594. The topological polar surface area (TPSA) is 51.8 Å². The van der Waals surface area contributed by atoms with Gasteiger partial charge in [-0.1, -0.05) is 32.7 Å². The summed E-state index contributed by atoms with van der Waals surface area (Å²) < 4.78 is 6.42. The lowest BCUT2D eigenvalue weighted by Gasteiger charge is -2.00. The Morgan fingerprint density at radius 2 is 2.21 bits per heavy atom. The van der Waals surface area contributed by atoms with Crippen molar-refractivity contribution in [3.63, 3.8) is 0 Å². The lowest BCUT2D eigenvalue weighted by molar-refractivity contribution is -0.140. The molecule has 98 valence electrons. The maximum atomic E-state index is 10.5. The number of hydrogen-bond donors (Lipinski definition) is 0. The van der Waals surface area contributed by atoms with Crippen LogP contribution in [0.4, 0.5) is 0 Å². The van der Waals surface area contributed by atoms with Gasteiger partial charge in [-0.25, -0.2) is 4.79 Å². The first-order valence-corrected chi connectivity index (χ1v) is 6.49. The molecule has 1 heterocycles. The van der Waals surface area contributed by atoms with Crippen LogP contribution in [0.15, 0.2) is 44.4 Å². The molecule has 0 amide bonds. The smallest absolute Gasteiger partial charge is 0.331 e. The minimum absolute atomic E-state index is 0.468. The summed E-state index contributed by atoms with van der Waals surface area (Å²) in [6, 6.07) is 8.98. The van der Waals surface area contributed by atoms with E-state index < -0.39 is 5.97 Å². The van der Waals surface area contributed by atoms with Crippen LogP contribution in [0.3, 0.4) is 0 Å². The van der Waals surface area contributed by atoms with E-state index in [0.717, 1.165) is 10.0 Å². The van der Waals surface area contributed by atoms with Crippen LogP contribution in [0.2, 0.25) is 5.02 Å². The van der Waals surface area contributed by atoms with Gasteiger partial charge in [0.15, 0.2) is 0 Å². The van der Waals surface area contributed by atoms with Crippen LogP contribution in [0.5, 0.6) is 0 Å². The zero-order chi connectivity index (χ0) is 13.8. The lowest BCUT2D eigenvalue weighted by Crippen LogP contribution is -1.90. The summed E-state index contributed by atoms with van der Waals surface area (Å²) >= 11 is 9.46. The van der Waals surface area contributed by atoms with E-state index in [9.17, 15) is 4.79 Å². The van der Waals surface area contributed by atoms with Crippen LogP contribution in [0.1, 0.15) is 12.7 Å². The van der Waals surface area contributed by atoms with Gasteiger partial charge in [0.25, 0.3) is 0 Å². The number of rotatable bonds is 3. The predicted molar refractivity (Wildman–Crippen MR) is 76.2 cm³/mol. The molecule has 0 aliphatic rings. The fourth-order valence-corrected chi connectivity index (χ4v) is 2.18. The Labute approximate surface area is 123 Å². The zero-order valence-corrected chi connectivity index (χ0v) is 12.2. The summed E-state index contributed by atoms with van der Waals surface area (Å²) in [6.07, 6.45) is 1.32. The van der Waals surface area contributed by atoms with Gasteiger partial charge >= 0.3 is 5.97 Å². The largest absolute Gasteiger partial charge is 0.455 e. The number of nitrogens with zero attached hydrogens (tertiary/aromatic N) is 1. The third kappa shape index (κ3) is 3.68. The molecule has 4 nitrogen and oxygen atoms in total. The molecular formula is C13H9BrClNO3. The van der Waals surface area contributed by atoms with Crippen molar-refractivity contribution in [1.82, 2.24) is 0 Å². The van der Waals surface area contributed by atoms with E-state index >= 15 is 0 Å². The molecular weight excluding hydrogens is 334 g/mol. The normalized spacial score (nSPS) is 10.9. The second-order valence-corrected chi connectivity index (χ2v) is 4.97. The molecule has 1 aromatic carbocycles. The van der Waals surface area contributed by atoms with Crippen LogP contribution in [-0.2, 0) is 9.63 Å². The minimum atomic E-state index is -0.487. The van der Waals surface area contributed by atoms with Crippen molar-refractivity contribution in [2.45, 2.75) is 6.92 Å². The maximum absolute atomic E-state index is 10.5. The highest BCUT2D eigenvalue weighted by Gasteiger charge is 2.08. The quantitative estimate of drug-likeness (QED) is 0.476. The van der Waals surface area contributed by atoms with Gasteiger partial charge in [0, 0.05) is 17.0 Å². The molecule has 2 rings (SSSR count). The van der Waals surface area contributed by atoms with Gasteiger partial charge < -0.3 is 9.25 Å². The van der Waals surface area contributed by atoms with Crippen LogP contribution in [0.25, 0.3) is 11.3 Å². The van der Waals surface area contributed by atoms with E-state index in [1.54, 1.807) is 18.2 Å². The van der Waals surface area contributed by atoms with Crippen molar-refractivity contribution in [3.05, 3.63) is 45.6 Å². The van der Waals surface area contributed by atoms with Crippen LogP contribution >= 0.6 is 27.5 Å². The fourth-order valence-electron chi connectivity index (χ4n) is 1.41. The van der Waals surface area contributed by atoms with Crippen molar-refractivity contribution in [2.24, 2.45) is 5.16 Å². The second-order valence-electron chi connectivity index (χ2n) is 3.64. The van der Waals surface area contributed by atoms with Gasteiger partial charge in [0.1, 0.15) is 17.7 Å². The van der Waals surface area contributed by atoms with Crippen molar-refractivity contribution < 1.29 is 14.0 Å². The third-order valence-corrected chi connectivity index (χ3v) is 2.99. The molecule has 0 atom stereocenters. The number of carbonyl (C=O) groups is 1. The van der Waals surface area contributed by atoms with Crippen molar-refractivity contribution in [2.75, 3.05) is 0 Å². The second kappa shape index (κ2) is 6.04.